The van der Waals surface area contributed by atoms with E-state index in [9.17, 15) is 9.59 Å². The molecule has 0 saturated heterocycles. The molecule has 1 atom stereocenters. The van der Waals surface area contributed by atoms with Crippen LogP contribution < -0.4 is 5.32 Å². The third-order valence-corrected chi connectivity index (χ3v) is 2.11. The molecule has 0 fully saturated rings. The summed E-state index contributed by atoms with van der Waals surface area (Å²) in [7, 11) is 1.27. The van der Waals surface area contributed by atoms with E-state index in [0.717, 1.165) is 0 Å². The number of allylic oxidation sites excluding steroid dienone is 1. The summed E-state index contributed by atoms with van der Waals surface area (Å²) in [5.41, 5.74) is 0.646. The molecule has 0 spiro atoms. The topological polar surface area (TPSA) is 64.6 Å². The molecule has 5 nitrogen and oxygen atoms in total. The second-order valence-corrected chi connectivity index (χ2v) is 3.64. The molecule has 5 heteroatoms. The van der Waals surface area contributed by atoms with Gasteiger partial charge in [0.1, 0.15) is 0 Å². The molecule has 1 rings (SSSR count). The molecule has 0 radical (unpaired) electrons. The van der Waals surface area contributed by atoms with Crippen LogP contribution in [0.15, 0.2) is 43.0 Å². The minimum absolute atomic E-state index is 0.245. The van der Waals surface area contributed by atoms with Gasteiger partial charge in [0, 0.05) is 0 Å². The lowest BCUT2D eigenvalue weighted by atomic mass is 10.1. The highest BCUT2D eigenvalue weighted by Crippen LogP contribution is 2.14. The van der Waals surface area contributed by atoms with Crippen LogP contribution in [0.1, 0.15) is 25.5 Å². The van der Waals surface area contributed by atoms with E-state index in [1.165, 1.54) is 7.11 Å². The summed E-state index contributed by atoms with van der Waals surface area (Å²) in [6.45, 7) is 7.18. The van der Waals surface area contributed by atoms with Crippen molar-refractivity contribution < 1.29 is 19.1 Å². The number of hydrogen-bond acceptors (Lipinski definition) is 4. The van der Waals surface area contributed by atoms with Crippen LogP contribution in [0.3, 0.4) is 0 Å². The SMILES string of the molecule is C=CC.CCOC(=O)NC(C(=O)OC)c1ccccc1. The fourth-order valence-electron chi connectivity index (χ4n) is 1.33. The van der Waals surface area contributed by atoms with Crippen molar-refractivity contribution in [3.8, 4) is 0 Å². The average molecular weight is 279 g/mol. The molecule has 1 unspecified atom stereocenters. The van der Waals surface area contributed by atoms with Gasteiger partial charge in [0.25, 0.3) is 0 Å². The number of esters is 1. The van der Waals surface area contributed by atoms with Gasteiger partial charge in [-0.25, -0.2) is 9.59 Å². The summed E-state index contributed by atoms with van der Waals surface area (Å²) in [4.78, 5) is 22.9. The van der Waals surface area contributed by atoms with Crippen LogP contribution in [0.25, 0.3) is 0 Å². The van der Waals surface area contributed by atoms with Gasteiger partial charge in [-0.2, -0.15) is 0 Å². The maximum Gasteiger partial charge on any atom is 0.408 e. The molecule has 110 valence electrons. The zero-order valence-corrected chi connectivity index (χ0v) is 12.1. The molecule has 20 heavy (non-hydrogen) atoms. The van der Waals surface area contributed by atoms with Crippen molar-refractivity contribution in [3.63, 3.8) is 0 Å². The van der Waals surface area contributed by atoms with E-state index in [0.29, 0.717) is 5.56 Å². The Morgan fingerprint density at radius 3 is 2.35 bits per heavy atom. The number of ether oxygens (including phenoxy) is 2. The number of benzene rings is 1. The molecule has 1 aromatic rings. The van der Waals surface area contributed by atoms with Gasteiger partial charge < -0.3 is 14.8 Å². The van der Waals surface area contributed by atoms with Crippen molar-refractivity contribution in [1.82, 2.24) is 5.32 Å². The summed E-state index contributed by atoms with van der Waals surface area (Å²) in [5.74, 6) is -0.538. The molecule has 1 aromatic carbocycles. The molecule has 0 heterocycles. The van der Waals surface area contributed by atoms with Crippen LogP contribution in [0, 0.1) is 0 Å². The Balaban J connectivity index is 0.00000110. The Labute approximate surface area is 119 Å². The van der Waals surface area contributed by atoms with Crippen LogP contribution in [0.5, 0.6) is 0 Å². The van der Waals surface area contributed by atoms with Gasteiger partial charge in [-0.15, -0.1) is 6.58 Å². The normalized spacial score (nSPS) is 10.3. The Morgan fingerprint density at radius 1 is 1.35 bits per heavy atom. The van der Waals surface area contributed by atoms with Gasteiger partial charge in [-0.3, -0.25) is 0 Å². The van der Waals surface area contributed by atoms with Crippen LogP contribution in [-0.2, 0) is 14.3 Å². The van der Waals surface area contributed by atoms with Gasteiger partial charge in [-0.05, 0) is 19.4 Å². The first kappa shape index (κ1) is 17.7. The Morgan fingerprint density at radius 2 is 1.90 bits per heavy atom. The highest BCUT2D eigenvalue weighted by atomic mass is 16.6. The van der Waals surface area contributed by atoms with Gasteiger partial charge in [0.2, 0.25) is 0 Å². The van der Waals surface area contributed by atoms with Crippen molar-refractivity contribution >= 4 is 12.1 Å². The maximum absolute atomic E-state index is 11.6. The Bertz CT molecular complexity index is 417. The minimum atomic E-state index is -0.847. The summed E-state index contributed by atoms with van der Waals surface area (Å²) in [6, 6.07) is 7.99. The maximum atomic E-state index is 11.6. The fourth-order valence-corrected chi connectivity index (χ4v) is 1.33. The third kappa shape index (κ3) is 6.58. The summed E-state index contributed by atoms with van der Waals surface area (Å²) < 4.78 is 9.37. The van der Waals surface area contributed by atoms with Gasteiger partial charge in [0.15, 0.2) is 6.04 Å². The monoisotopic (exact) mass is 279 g/mol. The van der Waals surface area contributed by atoms with E-state index < -0.39 is 18.1 Å². The first-order chi connectivity index (χ1) is 9.60. The fraction of sp³-hybridized carbons (Fsp3) is 0.333. The molecule has 1 N–H and O–H groups in total. The first-order valence-corrected chi connectivity index (χ1v) is 6.23. The second-order valence-electron chi connectivity index (χ2n) is 3.64. The largest absolute Gasteiger partial charge is 0.467 e. The van der Waals surface area contributed by atoms with Gasteiger partial charge in [0.05, 0.1) is 13.7 Å². The molecule has 0 aliphatic carbocycles. The molecule has 0 aliphatic heterocycles. The lowest BCUT2D eigenvalue weighted by molar-refractivity contribution is -0.143. The highest BCUT2D eigenvalue weighted by Gasteiger charge is 2.23. The van der Waals surface area contributed by atoms with Crippen molar-refractivity contribution in [2.45, 2.75) is 19.9 Å². The van der Waals surface area contributed by atoms with Gasteiger partial charge in [-0.1, -0.05) is 36.4 Å². The van der Waals surface area contributed by atoms with Crippen LogP contribution in [-0.4, -0.2) is 25.8 Å². The van der Waals surface area contributed by atoms with E-state index in [2.05, 4.69) is 16.6 Å². The molecule has 0 saturated carbocycles. The summed E-state index contributed by atoms with van der Waals surface area (Å²) >= 11 is 0. The zero-order chi connectivity index (χ0) is 15.4. The number of carbonyl (C=O) groups is 2. The summed E-state index contributed by atoms with van der Waals surface area (Å²) in [5, 5.41) is 2.45. The van der Waals surface area contributed by atoms with E-state index in [1.807, 2.05) is 13.0 Å². The molecular weight excluding hydrogens is 258 g/mol. The van der Waals surface area contributed by atoms with E-state index in [1.54, 1.807) is 37.3 Å². The van der Waals surface area contributed by atoms with Gasteiger partial charge >= 0.3 is 12.1 Å². The van der Waals surface area contributed by atoms with Crippen LogP contribution >= 0.6 is 0 Å². The zero-order valence-electron chi connectivity index (χ0n) is 12.1. The van der Waals surface area contributed by atoms with Crippen molar-refractivity contribution in [1.29, 1.82) is 0 Å². The Hall–Kier alpha value is -2.30. The van der Waals surface area contributed by atoms with Crippen molar-refractivity contribution in [2.24, 2.45) is 0 Å². The number of carbonyl (C=O) groups excluding carboxylic acids is 2. The number of methoxy groups -OCH3 is 1. The number of nitrogens with one attached hydrogen (secondary N) is 1. The van der Waals surface area contributed by atoms with Crippen molar-refractivity contribution in [2.75, 3.05) is 13.7 Å². The molecule has 0 aliphatic rings. The second kappa shape index (κ2) is 10.6. The molecule has 1 amide bonds. The molecular formula is C15H21NO4. The lowest BCUT2D eigenvalue weighted by Gasteiger charge is -2.16. The average Bonchev–Trinajstić information content (AvgIpc) is 2.46. The quantitative estimate of drug-likeness (QED) is 0.680. The predicted molar refractivity (Wildman–Crippen MR) is 77.2 cm³/mol. The number of rotatable bonds is 4. The minimum Gasteiger partial charge on any atom is -0.467 e. The highest BCUT2D eigenvalue weighted by molar-refractivity contribution is 5.82. The van der Waals surface area contributed by atoms with E-state index >= 15 is 0 Å². The summed E-state index contributed by atoms with van der Waals surface area (Å²) in [6.07, 6.45) is 1.10. The number of amides is 1. The third-order valence-electron chi connectivity index (χ3n) is 2.11. The predicted octanol–water partition coefficient (Wildman–Crippen LogP) is 2.84. The van der Waals surface area contributed by atoms with E-state index in [-0.39, 0.29) is 6.61 Å². The van der Waals surface area contributed by atoms with Crippen LogP contribution in [0.2, 0.25) is 0 Å². The lowest BCUT2D eigenvalue weighted by Crippen LogP contribution is -2.34. The molecule has 0 bridgehead atoms. The molecule has 0 aromatic heterocycles. The van der Waals surface area contributed by atoms with Crippen LogP contribution in [0.4, 0.5) is 4.79 Å². The van der Waals surface area contributed by atoms with Crippen molar-refractivity contribution in [3.05, 3.63) is 48.6 Å². The standard InChI is InChI=1S/C12H15NO4.C3H6/c1-3-17-12(15)13-10(11(14)16-2)9-7-5-4-6-8-9;1-3-2/h4-8,10H,3H2,1-2H3,(H,13,15);3H,1H2,2H3. The number of alkyl carbamates (subject to hydrolysis) is 1. The number of hydrogen-bond donors (Lipinski definition) is 1. The first-order valence-electron chi connectivity index (χ1n) is 6.23. The smallest absolute Gasteiger partial charge is 0.408 e. The van der Waals surface area contributed by atoms with E-state index in [4.69, 9.17) is 4.74 Å². The Kier molecular flexibility index (Phi) is 9.39.